The summed E-state index contributed by atoms with van der Waals surface area (Å²) in [5.74, 6) is -1.04. The molecule has 0 saturated carbocycles. The van der Waals surface area contributed by atoms with Gasteiger partial charge in [0.1, 0.15) is 5.41 Å². The van der Waals surface area contributed by atoms with Crippen LogP contribution < -0.4 is 5.32 Å². The number of aliphatic hydroxyl groups is 2. The van der Waals surface area contributed by atoms with Crippen molar-refractivity contribution in [3.05, 3.63) is 30.6 Å². The molecule has 1 aliphatic heterocycles. The average molecular weight is 403 g/mol. The van der Waals surface area contributed by atoms with Crippen molar-refractivity contribution in [3.8, 4) is 0 Å². The molecule has 7 nitrogen and oxygen atoms in total. The number of pyridine rings is 1. The van der Waals surface area contributed by atoms with Crippen LogP contribution >= 0.6 is 0 Å². The molecule has 1 aromatic rings. The Labute approximate surface area is 190 Å². The fraction of sp³-hybridized carbons (Fsp3) is 0.600. The number of aliphatic hydroxyl groups excluding tert-OH is 1. The van der Waals surface area contributed by atoms with Crippen LogP contribution in [0, 0.1) is 11.3 Å². The first-order valence-corrected chi connectivity index (χ1v) is 9.19. The van der Waals surface area contributed by atoms with Crippen molar-refractivity contribution in [1.82, 2.24) is 10.3 Å². The fourth-order valence-electron chi connectivity index (χ4n) is 2.62. The normalized spacial score (nSPS) is 19.5. The number of carbonyl (C=O) groups is 2. The maximum absolute atomic E-state index is 11.9. The van der Waals surface area contributed by atoms with Crippen molar-refractivity contribution in [3.63, 3.8) is 0 Å². The molecule has 8 heteroatoms. The molecule has 2 rings (SSSR count). The van der Waals surface area contributed by atoms with Gasteiger partial charge in [-0.15, -0.1) is 0 Å². The maximum atomic E-state index is 11.9. The van der Waals surface area contributed by atoms with Crippen LogP contribution in [0.2, 0.25) is 0 Å². The smallest absolute Gasteiger partial charge is 0.0267 e. The molecule has 2 amide bonds. The second kappa shape index (κ2) is 13.8. The molecule has 2 heterocycles. The molecule has 28 heavy (non-hydrogen) atoms. The van der Waals surface area contributed by atoms with E-state index in [1.165, 1.54) is 0 Å². The molecule has 0 aromatic carbocycles. The Morgan fingerprint density at radius 3 is 1.93 bits per heavy atom. The summed E-state index contributed by atoms with van der Waals surface area (Å²) < 4.78 is 0. The predicted octanol–water partition coefficient (Wildman–Crippen LogP) is 2.60. The van der Waals surface area contributed by atoms with E-state index in [0.717, 1.165) is 12.8 Å². The summed E-state index contributed by atoms with van der Waals surface area (Å²) in [4.78, 5) is 31.0. The molecular weight excluding hydrogens is 369 g/mol. The molecule has 0 fully saturated rings. The third-order valence-corrected chi connectivity index (χ3v) is 3.91. The number of amides is 2. The van der Waals surface area contributed by atoms with Gasteiger partial charge < -0.3 is 10.2 Å². The van der Waals surface area contributed by atoms with Crippen LogP contribution in [0.3, 0.4) is 0 Å². The van der Waals surface area contributed by atoms with Crippen molar-refractivity contribution in [2.75, 3.05) is 0 Å². The van der Waals surface area contributed by atoms with E-state index in [2.05, 4.69) is 15.3 Å². The Bertz CT molecular complexity index is 585. The van der Waals surface area contributed by atoms with E-state index in [1.807, 2.05) is 32.0 Å². The van der Waals surface area contributed by atoms with Crippen LogP contribution in [-0.2, 0) is 9.59 Å². The molecule has 154 valence electrons. The van der Waals surface area contributed by atoms with E-state index < -0.39 is 28.9 Å². The van der Waals surface area contributed by atoms with Crippen LogP contribution in [0.25, 0.3) is 0 Å². The molecule has 0 aliphatic carbocycles. The van der Waals surface area contributed by atoms with Crippen molar-refractivity contribution in [1.29, 1.82) is 0 Å². The van der Waals surface area contributed by atoms with Gasteiger partial charge >= 0.3 is 29.6 Å². The van der Waals surface area contributed by atoms with Gasteiger partial charge in [-0.1, -0.05) is 33.3 Å². The van der Waals surface area contributed by atoms with E-state index >= 15 is 0 Å². The number of amidine groups is 1. The summed E-state index contributed by atoms with van der Waals surface area (Å²) in [7, 11) is 0. The first kappa shape index (κ1) is 28.9. The van der Waals surface area contributed by atoms with Crippen molar-refractivity contribution in [2.45, 2.75) is 66.4 Å². The first-order valence-electron chi connectivity index (χ1n) is 9.19. The summed E-state index contributed by atoms with van der Waals surface area (Å²) >= 11 is 0. The number of rotatable bonds is 4. The minimum absolute atomic E-state index is 0. The maximum Gasteiger partial charge on any atom is 0.0267 e. The Balaban J connectivity index is 0. The van der Waals surface area contributed by atoms with Crippen LogP contribution in [0.15, 0.2) is 35.6 Å². The predicted molar refractivity (Wildman–Crippen MR) is 113 cm³/mol. The third kappa shape index (κ3) is 10.3. The molecular formula is C20H34N3NaO4. The number of hydrogen-bond acceptors (Lipinski definition) is 4. The van der Waals surface area contributed by atoms with Crippen molar-refractivity contribution in [2.24, 2.45) is 16.3 Å². The summed E-state index contributed by atoms with van der Waals surface area (Å²) in [5, 5.41) is 19.8. The Kier molecular flexibility index (Phi) is 14.3. The minimum atomic E-state index is -1.11. The quantitative estimate of drug-likeness (QED) is 0.528. The van der Waals surface area contributed by atoms with E-state index in [9.17, 15) is 9.59 Å². The van der Waals surface area contributed by atoms with E-state index in [4.69, 9.17) is 10.2 Å². The summed E-state index contributed by atoms with van der Waals surface area (Å²) in [6.45, 7) is 10.9. The van der Waals surface area contributed by atoms with E-state index in [1.54, 1.807) is 40.1 Å². The number of carbonyl (C=O) groups excluding carboxylic acids is 2. The van der Waals surface area contributed by atoms with Crippen molar-refractivity contribution >= 4 is 47.4 Å². The van der Waals surface area contributed by atoms with Gasteiger partial charge in [0.15, 0.2) is 0 Å². The SMILES string of the molecule is CC(C)(C)O.CCCC(C)C1(CC)C(=O)N=C(O)NC1=O.[NaH].c1ccncc1. The Hall–Kier alpha value is -1.28. The standard InChI is InChI=1S/C11H18N2O3.C5H5N.C4H10O.Na.H/c1-4-6-7(3)11(5-2)8(14)12-10(16)13-9(11)15;1-2-4-6-5-3-1;1-4(2,3)5;;/h7H,4-6H2,1-3H3,(H2,12,13,14,15,16);1-5H;5H,1-3H3;;. The van der Waals surface area contributed by atoms with Gasteiger partial charge in [0.25, 0.3) is 11.9 Å². The molecule has 3 N–H and O–H groups in total. The number of nitrogens with zero attached hydrogens (tertiary/aromatic N) is 2. The second-order valence-corrected chi connectivity index (χ2v) is 7.40. The summed E-state index contributed by atoms with van der Waals surface area (Å²) in [5.41, 5.74) is -1.61. The number of nitrogens with one attached hydrogen (secondary N) is 1. The zero-order valence-corrected chi connectivity index (χ0v) is 17.2. The van der Waals surface area contributed by atoms with Crippen LogP contribution in [0.1, 0.15) is 60.8 Å². The van der Waals surface area contributed by atoms with Gasteiger partial charge in [0.2, 0.25) is 5.91 Å². The van der Waals surface area contributed by atoms with Gasteiger partial charge in [-0.05, 0) is 51.7 Å². The topological polar surface area (TPSA) is 112 Å². The molecule has 0 radical (unpaired) electrons. The first-order chi connectivity index (χ1) is 12.5. The monoisotopic (exact) mass is 403 g/mol. The number of aromatic nitrogens is 1. The molecule has 1 aliphatic rings. The fourth-order valence-corrected chi connectivity index (χ4v) is 2.62. The van der Waals surface area contributed by atoms with Gasteiger partial charge in [0.05, 0.1) is 5.60 Å². The second-order valence-electron chi connectivity index (χ2n) is 7.40. The molecule has 2 atom stereocenters. The molecule has 0 saturated heterocycles. The Morgan fingerprint density at radius 1 is 1.14 bits per heavy atom. The molecule has 1 aromatic heterocycles. The van der Waals surface area contributed by atoms with Crippen molar-refractivity contribution < 1.29 is 19.8 Å². The van der Waals surface area contributed by atoms with Crippen LogP contribution in [-0.4, -0.2) is 68.2 Å². The third-order valence-electron chi connectivity index (χ3n) is 3.91. The number of aliphatic imine (C=N–C) groups is 1. The van der Waals surface area contributed by atoms with Gasteiger partial charge in [0, 0.05) is 12.4 Å². The minimum Gasteiger partial charge on any atom is -0.265 e. The zero-order valence-electron chi connectivity index (χ0n) is 17.2. The summed E-state index contributed by atoms with van der Waals surface area (Å²) in [6.07, 6.45) is 5.58. The molecule has 0 bridgehead atoms. The van der Waals surface area contributed by atoms with Gasteiger partial charge in [-0.2, -0.15) is 4.99 Å². The summed E-state index contributed by atoms with van der Waals surface area (Å²) in [6, 6.07) is 5.12. The van der Waals surface area contributed by atoms with E-state index in [-0.39, 0.29) is 35.5 Å². The largest absolute Gasteiger partial charge is 0.265 e. The molecule has 0 spiro atoms. The van der Waals surface area contributed by atoms with Gasteiger partial charge in [-0.3, -0.25) is 19.9 Å². The van der Waals surface area contributed by atoms with Crippen LogP contribution in [0.5, 0.6) is 0 Å². The number of hydrogen-bond donors (Lipinski definition) is 3. The van der Waals surface area contributed by atoms with E-state index in [0.29, 0.717) is 6.42 Å². The Morgan fingerprint density at radius 2 is 1.64 bits per heavy atom. The average Bonchev–Trinajstić information content (AvgIpc) is 2.56. The zero-order chi connectivity index (χ0) is 21.1. The molecule has 2 unspecified atom stereocenters. The van der Waals surface area contributed by atoms with Gasteiger partial charge in [-0.25, -0.2) is 0 Å². The van der Waals surface area contributed by atoms with Crippen LogP contribution in [0.4, 0.5) is 0 Å².